The standard InChI is InChI=1S/C19H16O8S/c1-3-25-19(22)11-8-15(14-10-17(18(20)21)27-16(14)9-11)26-12-4-6-13(7-5-12)28(2,23)24/h4-10H,3H2,1-2H3,(H,20,21). The smallest absolute Gasteiger partial charge is 0.371 e. The number of hydrogen-bond acceptors (Lipinski definition) is 7. The number of carbonyl (C=O) groups excluding carboxylic acids is 1. The lowest BCUT2D eigenvalue weighted by Gasteiger charge is -2.09. The summed E-state index contributed by atoms with van der Waals surface area (Å²) in [5.41, 5.74) is 0.272. The average Bonchev–Trinajstić information content (AvgIpc) is 3.06. The topological polar surface area (TPSA) is 120 Å². The van der Waals surface area contributed by atoms with Gasteiger partial charge < -0.3 is 19.0 Å². The number of benzene rings is 2. The molecule has 0 bridgehead atoms. The SMILES string of the molecule is CCOC(=O)c1cc(Oc2ccc(S(C)(=O)=O)cc2)c2cc(C(=O)O)oc2c1. The normalized spacial score (nSPS) is 11.4. The number of hydrogen-bond donors (Lipinski definition) is 1. The van der Waals surface area contributed by atoms with Crippen LogP contribution >= 0.6 is 0 Å². The number of fused-ring (bicyclic) bond motifs is 1. The predicted molar refractivity (Wildman–Crippen MR) is 98.8 cm³/mol. The molecule has 0 amide bonds. The third-order valence-corrected chi connectivity index (χ3v) is 4.93. The largest absolute Gasteiger partial charge is 0.475 e. The first-order chi connectivity index (χ1) is 13.2. The van der Waals surface area contributed by atoms with Crippen LogP contribution in [0.5, 0.6) is 11.5 Å². The molecule has 2 aromatic carbocycles. The maximum atomic E-state index is 12.1. The molecule has 28 heavy (non-hydrogen) atoms. The van der Waals surface area contributed by atoms with Gasteiger partial charge in [0, 0.05) is 12.3 Å². The monoisotopic (exact) mass is 404 g/mol. The Bertz CT molecular complexity index is 1160. The summed E-state index contributed by atoms with van der Waals surface area (Å²) < 4.78 is 39.1. The second-order valence-electron chi connectivity index (χ2n) is 5.87. The maximum absolute atomic E-state index is 12.1. The van der Waals surface area contributed by atoms with Crippen LogP contribution in [0, 0.1) is 0 Å². The predicted octanol–water partition coefficient (Wildman–Crippen LogP) is 3.50. The van der Waals surface area contributed by atoms with Crippen molar-refractivity contribution < 1.29 is 37.0 Å². The molecule has 0 aliphatic heterocycles. The van der Waals surface area contributed by atoms with Gasteiger partial charge in [-0.05, 0) is 43.3 Å². The van der Waals surface area contributed by atoms with Crippen LogP contribution in [-0.4, -0.2) is 38.3 Å². The summed E-state index contributed by atoms with van der Waals surface area (Å²) in [5.74, 6) is -1.72. The fourth-order valence-corrected chi connectivity index (χ4v) is 3.14. The second kappa shape index (κ2) is 7.35. The van der Waals surface area contributed by atoms with Crippen LogP contribution in [0.4, 0.5) is 0 Å². The van der Waals surface area contributed by atoms with Gasteiger partial charge in [0.05, 0.1) is 22.5 Å². The summed E-state index contributed by atoms with van der Waals surface area (Å²) >= 11 is 0. The van der Waals surface area contributed by atoms with E-state index in [1.807, 2.05) is 0 Å². The quantitative estimate of drug-likeness (QED) is 0.620. The van der Waals surface area contributed by atoms with E-state index in [9.17, 15) is 18.0 Å². The number of esters is 1. The summed E-state index contributed by atoms with van der Waals surface area (Å²) in [4.78, 5) is 23.4. The Balaban J connectivity index is 2.06. The third kappa shape index (κ3) is 3.99. The molecule has 0 radical (unpaired) electrons. The molecule has 0 aliphatic rings. The minimum absolute atomic E-state index is 0.127. The molecule has 0 spiro atoms. The lowest BCUT2D eigenvalue weighted by atomic mass is 10.1. The second-order valence-corrected chi connectivity index (χ2v) is 7.88. The Labute approximate surface area is 160 Å². The van der Waals surface area contributed by atoms with Crippen molar-refractivity contribution >= 4 is 32.7 Å². The molecule has 0 saturated heterocycles. The van der Waals surface area contributed by atoms with E-state index in [0.29, 0.717) is 11.1 Å². The van der Waals surface area contributed by atoms with Crippen molar-refractivity contribution in [3.05, 3.63) is 53.8 Å². The highest BCUT2D eigenvalue weighted by Crippen LogP contribution is 2.34. The Kier molecular flexibility index (Phi) is 5.10. The van der Waals surface area contributed by atoms with Crippen LogP contribution in [0.3, 0.4) is 0 Å². The number of carboxylic acids is 1. The molecule has 1 heterocycles. The Hall–Kier alpha value is -3.33. The number of carboxylic acid groups (broad SMARTS) is 1. The number of rotatable bonds is 6. The van der Waals surface area contributed by atoms with Crippen LogP contribution in [0.15, 0.2) is 51.8 Å². The van der Waals surface area contributed by atoms with Crippen molar-refractivity contribution in [2.24, 2.45) is 0 Å². The molecule has 0 atom stereocenters. The van der Waals surface area contributed by atoms with Crippen molar-refractivity contribution in [3.63, 3.8) is 0 Å². The number of carbonyl (C=O) groups is 2. The first-order valence-corrected chi connectivity index (χ1v) is 10.0. The van der Waals surface area contributed by atoms with Crippen molar-refractivity contribution in [3.8, 4) is 11.5 Å². The summed E-state index contributed by atoms with van der Waals surface area (Å²) in [6.07, 6.45) is 1.09. The van der Waals surface area contributed by atoms with E-state index < -0.39 is 21.8 Å². The number of ether oxygens (including phenoxy) is 2. The van der Waals surface area contributed by atoms with Gasteiger partial charge in [0.1, 0.15) is 17.1 Å². The van der Waals surface area contributed by atoms with Gasteiger partial charge in [-0.25, -0.2) is 18.0 Å². The first-order valence-electron chi connectivity index (χ1n) is 8.15. The van der Waals surface area contributed by atoms with E-state index >= 15 is 0 Å². The van der Waals surface area contributed by atoms with Crippen molar-refractivity contribution in [2.75, 3.05) is 12.9 Å². The molecule has 3 aromatic rings. The fourth-order valence-electron chi connectivity index (χ4n) is 2.51. The van der Waals surface area contributed by atoms with Gasteiger partial charge in [-0.2, -0.15) is 0 Å². The van der Waals surface area contributed by atoms with E-state index in [4.69, 9.17) is 19.0 Å². The van der Waals surface area contributed by atoms with Gasteiger partial charge in [-0.15, -0.1) is 0 Å². The Morgan fingerprint density at radius 3 is 2.36 bits per heavy atom. The maximum Gasteiger partial charge on any atom is 0.371 e. The minimum Gasteiger partial charge on any atom is -0.475 e. The van der Waals surface area contributed by atoms with Gasteiger partial charge in [-0.1, -0.05) is 0 Å². The molecule has 0 unspecified atom stereocenters. The van der Waals surface area contributed by atoms with E-state index in [-0.39, 0.29) is 34.2 Å². The van der Waals surface area contributed by atoms with Crippen LogP contribution in [0.2, 0.25) is 0 Å². The zero-order valence-corrected chi connectivity index (χ0v) is 15.8. The lowest BCUT2D eigenvalue weighted by molar-refractivity contribution is 0.0525. The van der Waals surface area contributed by atoms with Gasteiger partial charge in [0.15, 0.2) is 9.84 Å². The molecule has 0 fully saturated rings. The molecular weight excluding hydrogens is 388 g/mol. The zero-order chi connectivity index (χ0) is 20.5. The summed E-state index contributed by atoms with van der Waals surface area (Å²) in [5, 5.41) is 9.50. The summed E-state index contributed by atoms with van der Waals surface area (Å²) in [7, 11) is -3.35. The van der Waals surface area contributed by atoms with E-state index in [1.54, 1.807) is 6.92 Å². The van der Waals surface area contributed by atoms with E-state index in [0.717, 1.165) is 6.26 Å². The summed E-state index contributed by atoms with van der Waals surface area (Å²) in [6, 6.07) is 9.75. The van der Waals surface area contributed by atoms with Crippen LogP contribution in [-0.2, 0) is 14.6 Å². The zero-order valence-electron chi connectivity index (χ0n) is 15.0. The minimum atomic E-state index is -3.35. The number of sulfone groups is 1. The lowest BCUT2D eigenvalue weighted by Crippen LogP contribution is -2.04. The molecule has 0 aliphatic carbocycles. The van der Waals surface area contributed by atoms with E-state index in [2.05, 4.69) is 0 Å². The van der Waals surface area contributed by atoms with Crippen LogP contribution < -0.4 is 4.74 Å². The Morgan fingerprint density at radius 1 is 1.11 bits per heavy atom. The van der Waals surface area contributed by atoms with E-state index in [1.165, 1.54) is 42.5 Å². The van der Waals surface area contributed by atoms with Gasteiger partial charge >= 0.3 is 11.9 Å². The first kappa shape index (κ1) is 19.4. The number of furan rings is 1. The van der Waals surface area contributed by atoms with Crippen LogP contribution in [0.25, 0.3) is 11.0 Å². The third-order valence-electron chi connectivity index (χ3n) is 3.80. The molecular formula is C19H16O8S. The number of aromatic carboxylic acids is 1. The van der Waals surface area contributed by atoms with Gasteiger partial charge in [-0.3, -0.25) is 0 Å². The van der Waals surface area contributed by atoms with Crippen molar-refractivity contribution in [2.45, 2.75) is 11.8 Å². The molecule has 8 nitrogen and oxygen atoms in total. The van der Waals surface area contributed by atoms with Crippen molar-refractivity contribution in [1.29, 1.82) is 0 Å². The van der Waals surface area contributed by atoms with Crippen molar-refractivity contribution in [1.82, 2.24) is 0 Å². The molecule has 9 heteroatoms. The van der Waals surface area contributed by atoms with Gasteiger partial charge in [0.25, 0.3) is 0 Å². The summed E-state index contributed by atoms with van der Waals surface area (Å²) in [6.45, 7) is 1.82. The molecule has 1 N–H and O–H groups in total. The highest BCUT2D eigenvalue weighted by atomic mass is 32.2. The molecule has 0 saturated carbocycles. The molecule has 146 valence electrons. The molecule has 3 rings (SSSR count). The fraction of sp³-hybridized carbons (Fsp3) is 0.158. The highest BCUT2D eigenvalue weighted by Gasteiger charge is 2.19. The Morgan fingerprint density at radius 2 is 1.79 bits per heavy atom. The van der Waals surface area contributed by atoms with Gasteiger partial charge in [0.2, 0.25) is 5.76 Å². The van der Waals surface area contributed by atoms with Crippen LogP contribution in [0.1, 0.15) is 27.8 Å². The molecule has 1 aromatic heterocycles. The highest BCUT2D eigenvalue weighted by molar-refractivity contribution is 7.90. The average molecular weight is 404 g/mol.